The van der Waals surface area contributed by atoms with Crippen LogP contribution in [0.2, 0.25) is 0 Å². The lowest BCUT2D eigenvalue weighted by molar-refractivity contribution is 0.530. The Morgan fingerprint density at radius 2 is 1.78 bits per heavy atom. The molecule has 0 fully saturated rings. The van der Waals surface area contributed by atoms with Crippen molar-refractivity contribution in [1.29, 1.82) is 0 Å². The van der Waals surface area contributed by atoms with Crippen LogP contribution < -0.4 is 5.32 Å². The Morgan fingerprint density at radius 1 is 1.17 bits per heavy atom. The average molecular weight is 269 g/mol. The third kappa shape index (κ3) is 4.42. The molecule has 0 aromatic heterocycles. The number of rotatable bonds is 7. The lowest BCUT2D eigenvalue weighted by atomic mass is 10.1. The van der Waals surface area contributed by atoms with Crippen LogP contribution in [-0.4, -0.2) is 26.0 Å². The van der Waals surface area contributed by atoms with Gasteiger partial charge in [-0.3, -0.25) is 0 Å². The van der Waals surface area contributed by atoms with Crippen molar-refractivity contribution in [2.75, 3.05) is 12.3 Å². The molecule has 0 aliphatic carbocycles. The lowest BCUT2D eigenvalue weighted by Crippen LogP contribution is -2.29. The van der Waals surface area contributed by atoms with E-state index in [0.717, 1.165) is 6.42 Å². The average Bonchev–Trinajstić information content (AvgIpc) is 2.35. The molecule has 0 spiro atoms. The van der Waals surface area contributed by atoms with Crippen molar-refractivity contribution in [2.24, 2.45) is 0 Å². The highest BCUT2D eigenvalue weighted by molar-refractivity contribution is 7.92. The van der Waals surface area contributed by atoms with E-state index in [1.54, 1.807) is 13.8 Å². The second kappa shape index (κ2) is 6.90. The summed E-state index contributed by atoms with van der Waals surface area (Å²) in [5.74, 6) is 0.202. The van der Waals surface area contributed by atoms with E-state index in [1.165, 1.54) is 5.56 Å². The minimum atomic E-state index is -2.95. The van der Waals surface area contributed by atoms with E-state index in [0.29, 0.717) is 6.54 Å². The van der Waals surface area contributed by atoms with Crippen molar-refractivity contribution in [1.82, 2.24) is 5.32 Å². The van der Waals surface area contributed by atoms with Crippen LogP contribution in [0.3, 0.4) is 0 Å². The summed E-state index contributed by atoms with van der Waals surface area (Å²) in [6, 6.07) is 10.4. The maximum absolute atomic E-state index is 11.7. The van der Waals surface area contributed by atoms with Gasteiger partial charge in [-0.2, -0.15) is 0 Å². The number of hydrogen-bond donors (Lipinski definition) is 1. The molecular formula is C14H23NO2S. The first kappa shape index (κ1) is 15.2. The molecule has 0 radical (unpaired) electrons. The summed E-state index contributed by atoms with van der Waals surface area (Å²) in [7, 11) is -2.95. The van der Waals surface area contributed by atoms with E-state index in [4.69, 9.17) is 0 Å². The Morgan fingerprint density at radius 3 is 2.28 bits per heavy atom. The van der Waals surface area contributed by atoms with Crippen LogP contribution in [0, 0.1) is 0 Å². The summed E-state index contributed by atoms with van der Waals surface area (Å²) in [6.45, 7) is 6.06. The molecule has 1 unspecified atom stereocenters. The predicted octanol–water partition coefficient (Wildman–Crippen LogP) is 2.55. The van der Waals surface area contributed by atoms with E-state index in [-0.39, 0.29) is 17.0 Å². The highest BCUT2D eigenvalue weighted by Gasteiger charge is 2.16. The second-order valence-electron chi connectivity index (χ2n) is 4.74. The normalized spacial score (nSPS) is 13.8. The molecule has 1 aromatic carbocycles. The van der Waals surface area contributed by atoms with Gasteiger partial charge in [0.05, 0.1) is 11.0 Å². The van der Waals surface area contributed by atoms with Crippen molar-refractivity contribution < 1.29 is 8.42 Å². The molecular weight excluding hydrogens is 246 g/mol. The van der Waals surface area contributed by atoms with Crippen LogP contribution in [0.25, 0.3) is 0 Å². The molecule has 3 nitrogen and oxygen atoms in total. The van der Waals surface area contributed by atoms with Crippen molar-refractivity contribution in [3.8, 4) is 0 Å². The Balaban J connectivity index is 2.52. The standard InChI is InChI=1S/C14H23NO2S/c1-4-14(13-8-6-5-7-9-13)15-10-11-18(16,17)12(2)3/h5-9,12,14-15H,4,10-11H2,1-3H3. The van der Waals surface area contributed by atoms with Gasteiger partial charge in [0, 0.05) is 12.6 Å². The van der Waals surface area contributed by atoms with E-state index >= 15 is 0 Å². The Bertz CT molecular complexity index is 440. The fourth-order valence-electron chi connectivity index (χ4n) is 1.79. The van der Waals surface area contributed by atoms with Gasteiger partial charge in [-0.1, -0.05) is 37.3 Å². The zero-order valence-electron chi connectivity index (χ0n) is 11.4. The third-order valence-electron chi connectivity index (χ3n) is 3.11. The Hall–Kier alpha value is -0.870. The van der Waals surface area contributed by atoms with E-state index in [2.05, 4.69) is 24.4 Å². The lowest BCUT2D eigenvalue weighted by Gasteiger charge is -2.18. The monoisotopic (exact) mass is 269 g/mol. The molecule has 1 aromatic rings. The molecule has 1 N–H and O–H groups in total. The minimum absolute atomic E-state index is 0.202. The van der Waals surface area contributed by atoms with Crippen molar-refractivity contribution >= 4 is 9.84 Å². The molecule has 0 amide bonds. The zero-order chi connectivity index (χ0) is 13.6. The topological polar surface area (TPSA) is 46.2 Å². The van der Waals surface area contributed by atoms with Crippen LogP contribution >= 0.6 is 0 Å². The highest BCUT2D eigenvalue weighted by Crippen LogP contribution is 2.15. The van der Waals surface area contributed by atoms with E-state index in [1.807, 2.05) is 18.2 Å². The van der Waals surface area contributed by atoms with Gasteiger partial charge in [0.15, 0.2) is 9.84 Å². The molecule has 102 valence electrons. The predicted molar refractivity (Wildman–Crippen MR) is 76.4 cm³/mol. The summed E-state index contributed by atoms with van der Waals surface area (Å²) in [5.41, 5.74) is 1.21. The van der Waals surface area contributed by atoms with Gasteiger partial charge in [-0.25, -0.2) is 8.42 Å². The molecule has 0 saturated carbocycles. The van der Waals surface area contributed by atoms with E-state index < -0.39 is 9.84 Å². The van der Waals surface area contributed by atoms with Gasteiger partial charge in [0.25, 0.3) is 0 Å². The summed E-state index contributed by atoms with van der Waals surface area (Å²) < 4.78 is 23.4. The first-order chi connectivity index (χ1) is 8.47. The fourth-order valence-corrected chi connectivity index (χ4v) is 2.67. The van der Waals surface area contributed by atoms with Gasteiger partial charge in [0.1, 0.15) is 0 Å². The molecule has 4 heteroatoms. The van der Waals surface area contributed by atoms with Crippen molar-refractivity contribution in [3.05, 3.63) is 35.9 Å². The summed E-state index contributed by atoms with van der Waals surface area (Å²) in [5, 5.41) is 3.02. The minimum Gasteiger partial charge on any atom is -0.309 e. The summed E-state index contributed by atoms with van der Waals surface area (Å²) in [6.07, 6.45) is 0.950. The second-order valence-corrected chi connectivity index (χ2v) is 7.42. The van der Waals surface area contributed by atoms with Crippen LogP contribution in [0.5, 0.6) is 0 Å². The molecule has 0 aliphatic heterocycles. The summed E-state index contributed by atoms with van der Waals surface area (Å²) in [4.78, 5) is 0. The number of sulfone groups is 1. The maximum Gasteiger partial charge on any atom is 0.153 e. The van der Waals surface area contributed by atoms with Crippen LogP contribution in [0.1, 0.15) is 38.8 Å². The maximum atomic E-state index is 11.7. The SMILES string of the molecule is CCC(NCCS(=O)(=O)C(C)C)c1ccccc1. The number of benzene rings is 1. The zero-order valence-corrected chi connectivity index (χ0v) is 12.2. The molecule has 1 rings (SSSR count). The molecule has 0 aliphatic rings. The smallest absolute Gasteiger partial charge is 0.153 e. The molecule has 0 saturated heterocycles. The molecule has 0 bridgehead atoms. The number of hydrogen-bond acceptors (Lipinski definition) is 3. The van der Waals surface area contributed by atoms with Crippen LogP contribution in [0.4, 0.5) is 0 Å². The molecule has 18 heavy (non-hydrogen) atoms. The quantitative estimate of drug-likeness (QED) is 0.827. The largest absolute Gasteiger partial charge is 0.309 e. The van der Waals surface area contributed by atoms with Crippen molar-refractivity contribution in [2.45, 2.75) is 38.5 Å². The van der Waals surface area contributed by atoms with Crippen LogP contribution in [-0.2, 0) is 9.84 Å². The van der Waals surface area contributed by atoms with Gasteiger partial charge in [0.2, 0.25) is 0 Å². The Kier molecular flexibility index (Phi) is 5.82. The van der Waals surface area contributed by atoms with Crippen LogP contribution in [0.15, 0.2) is 30.3 Å². The first-order valence-corrected chi connectivity index (χ1v) is 8.18. The number of nitrogens with one attached hydrogen (secondary N) is 1. The van der Waals surface area contributed by atoms with Gasteiger partial charge >= 0.3 is 0 Å². The first-order valence-electron chi connectivity index (χ1n) is 6.47. The van der Waals surface area contributed by atoms with Crippen molar-refractivity contribution in [3.63, 3.8) is 0 Å². The van der Waals surface area contributed by atoms with E-state index in [9.17, 15) is 8.42 Å². The Labute approximate surface area is 111 Å². The van der Waals surface area contributed by atoms with Gasteiger partial charge in [-0.15, -0.1) is 0 Å². The molecule has 1 atom stereocenters. The van der Waals surface area contributed by atoms with Gasteiger partial charge in [-0.05, 0) is 25.8 Å². The summed E-state index contributed by atoms with van der Waals surface area (Å²) >= 11 is 0. The third-order valence-corrected chi connectivity index (χ3v) is 5.32. The molecule has 0 heterocycles. The fraction of sp³-hybridized carbons (Fsp3) is 0.571. The highest BCUT2D eigenvalue weighted by atomic mass is 32.2. The van der Waals surface area contributed by atoms with Gasteiger partial charge < -0.3 is 5.32 Å².